The van der Waals surface area contributed by atoms with E-state index in [4.69, 9.17) is 4.74 Å². The van der Waals surface area contributed by atoms with E-state index in [-0.39, 0.29) is 12.1 Å². The van der Waals surface area contributed by atoms with Gasteiger partial charge in [-0.05, 0) is 58.9 Å². The van der Waals surface area contributed by atoms with Crippen LogP contribution in [-0.2, 0) is 4.74 Å². The Morgan fingerprint density at radius 3 is 2.67 bits per heavy atom. The Morgan fingerprint density at radius 2 is 1.94 bits per heavy atom. The molecule has 2 N–H and O–H groups in total. The Hall–Kier alpha value is -0.770. The van der Waals surface area contributed by atoms with Crippen molar-refractivity contribution in [3.8, 4) is 0 Å². The monoisotopic (exact) mass is 254 g/mol. The third-order valence-electron chi connectivity index (χ3n) is 3.87. The van der Waals surface area contributed by atoms with Crippen molar-refractivity contribution in [2.24, 2.45) is 5.92 Å². The van der Waals surface area contributed by atoms with Crippen molar-refractivity contribution in [2.75, 3.05) is 6.54 Å². The summed E-state index contributed by atoms with van der Waals surface area (Å²) in [5, 5.41) is 6.62. The van der Waals surface area contributed by atoms with Gasteiger partial charge in [-0.25, -0.2) is 4.79 Å². The highest BCUT2D eigenvalue weighted by molar-refractivity contribution is 5.68. The van der Waals surface area contributed by atoms with Crippen LogP contribution in [0.1, 0.15) is 52.9 Å². The van der Waals surface area contributed by atoms with Crippen LogP contribution in [0.4, 0.5) is 4.79 Å². The van der Waals surface area contributed by atoms with Crippen LogP contribution in [0.3, 0.4) is 0 Å². The molecule has 2 aliphatic rings. The second kappa shape index (κ2) is 5.47. The molecule has 3 atom stereocenters. The molecule has 0 aromatic heterocycles. The summed E-state index contributed by atoms with van der Waals surface area (Å²) < 4.78 is 5.34. The van der Waals surface area contributed by atoms with E-state index in [2.05, 4.69) is 10.6 Å². The summed E-state index contributed by atoms with van der Waals surface area (Å²) in [7, 11) is 0. The highest BCUT2D eigenvalue weighted by atomic mass is 16.6. The van der Waals surface area contributed by atoms with Gasteiger partial charge < -0.3 is 15.4 Å². The number of alkyl carbamates (subject to hydrolysis) is 1. The van der Waals surface area contributed by atoms with Crippen LogP contribution < -0.4 is 10.6 Å². The molecule has 1 aliphatic heterocycles. The average Bonchev–Trinajstić information content (AvgIpc) is 2.27. The molecule has 2 unspecified atom stereocenters. The zero-order valence-electron chi connectivity index (χ0n) is 11.8. The van der Waals surface area contributed by atoms with Crippen LogP contribution >= 0.6 is 0 Å². The molecular formula is C14H26N2O2. The van der Waals surface area contributed by atoms with E-state index >= 15 is 0 Å². The van der Waals surface area contributed by atoms with Crippen LogP contribution in [0, 0.1) is 5.92 Å². The van der Waals surface area contributed by atoms with Gasteiger partial charge in [0.2, 0.25) is 0 Å². The Balaban J connectivity index is 1.89. The second-order valence-corrected chi connectivity index (χ2v) is 6.57. The minimum atomic E-state index is -0.419. The number of hydrogen-bond acceptors (Lipinski definition) is 3. The number of amides is 1. The Morgan fingerprint density at radius 1 is 1.22 bits per heavy atom. The first-order valence-electron chi connectivity index (χ1n) is 7.18. The smallest absolute Gasteiger partial charge is 0.407 e. The quantitative estimate of drug-likeness (QED) is 0.755. The van der Waals surface area contributed by atoms with Gasteiger partial charge in [-0.1, -0.05) is 6.42 Å². The number of ether oxygens (including phenoxy) is 1. The largest absolute Gasteiger partial charge is 0.444 e. The van der Waals surface area contributed by atoms with Crippen molar-refractivity contribution >= 4 is 6.09 Å². The Labute approximate surface area is 110 Å². The highest BCUT2D eigenvalue weighted by Crippen LogP contribution is 2.30. The molecule has 18 heavy (non-hydrogen) atoms. The number of piperidine rings is 1. The van der Waals surface area contributed by atoms with Crippen molar-refractivity contribution in [1.82, 2.24) is 10.6 Å². The number of carbonyl (C=O) groups is 1. The van der Waals surface area contributed by atoms with Gasteiger partial charge in [0.1, 0.15) is 5.60 Å². The predicted octanol–water partition coefficient (Wildman–Crippen LogP) is 2.43. The molecule has 1 saturated carbocycles. The van der Waals surface area contributed by atoms with Gasteiger partial charge >= 0.3 is 6.09 Å². The van der Waals surface area contributed by atoms with Gasteiger partial charge in [-0.3, -0.25) is 0 Å². The van der Waals surface area contributed by atoms with E-state index in [1.807, 2.05) is 20.8 Å². The van der Waals surface area contributed by atoms with Gasteiger partial charge in [-0.2, -0.15) is 0 Å². The topological polar surface area (TPSA) is 50.4 Å². The van der Waals surface area contributed by atoms with Crippen LogP contribution in [-0.4, -0.2) is 30.3 Å². The lowest BCUT2D eigenvalue weighted by Crippen LogP contribution is -2.58. The van der Waals surface area contributed by atoms with E-state index in [9.17, 15) is 4.79 Å². The van der Waals surface area contributed by atoms with Crippen molar-refractivity contribution in [3.63, 3.8) is 0 Å². The molecule has 1 aliphatic carbocycles. The molecule has 0 aromatic carbocycles. The standard InChI is InChI=1S/C14H26N2O2/c1-14(2,3)18-13(17)16-11-8-4-6-10-7-5-9-15-12(10)11/h10-12,15H,4-9H2,1-3H3,(H,16,17)/t10?,11-,12?/m1/s1. The van der Waals surface area contributed by atoms with E-state index in [1.165, 1.54) is 25.7 Å². The summed E-state index contributed by atoms with van der Waals surface area (Å²) in [4.78, 5) is 11.8. The number of nitrogens with one attached hydrogen (secondary N) is 2. The van der Waals surface area contributed by atoms with Gasteiger partial charge in [0, 0.05) is 12.1 Å². The lowest BCUT2D eigenvalue weighted by atomic mass is 9.76. The first-order chi connectivity index (χ1) is 8.46. The molecular weight excluding hydrogens is 228 g/mol. The first-order valence-corrected chi connectivity index (χ1v) is 7.18. The van der Waals surface area contributed by atoms with Crippen LogP contribution in [0.15, 0.2) is 0 Å². The minimum Gasteiger partial charge on any atom is -0.444 e. The number of rotatable bonds is 1. The summed E-state index contributed by atoms with van der Waals surface area (Å²) in [6, 6.07) is 0.680. The first kappa shape index (κ1) is 13.7. The predicted molar refractivity (Wildman–Crippen MR) is 71.5 cm³/mol. The molecule has 1 saturated heterocycles. The van der Waals surface area contributed by atoms with Gasteiger partial charge in [0.25, 0.3) is 0 Å². The molecule has 2 fully saturated rings. The molecule has 2 rings (SSSR count). The minimum absolute atomic E-state index is 0.235. The molecule has 4 heteroatoms. The summed E-state index contributed by atoms with van der Waals surface area (Å²) in [5.41, 5.74) is -0.419. The molecule has 1 heterocycles. The lowest BCUT2D eigenvalue weighted by molar-refractivity contribution is 0.0451. The van der Waals surface area contributed by atoms with Crippen molar-refractivity contribution in [1.29, 1.82) is 0 Å². The fraction of sp³-hybridized carbons (Fsp3) is 0.929. The molecule has 4 nitrogen and oxygen atoms in total. The number of fused-ring (bicyclic) bond motifs is 1. The molecule has 0 bridgehead atoms. The molecule has 0 spiro atoms. The zero-order chi connectivity index (χ0) is 13.2. The molecule has 104 valence electrons. The Kier molecular flexibility index (Phi) is 4.15. The van der Waals surface area contributed by atoms with E-state index < -0.39 is 5.60 Å². The van der Waals surface area contributed by atoms with Gasteiger partial charge in [0.05, 0.1) is 0 Å². The van der Waals surface area contributed by atoms with E-state index in [1.54, 1.807) is 0 Å². The summed E-state index contributed by atoms with van der Waals surface area (Å²) in [6.07, 6.45) is 5.85. The average molecular weight is 254 g/mol. The van der Waals surface area contributed by atoms with Gasteiger partial charge in [-0.15, -0.1) is 0 Å². The molecule has 0 radical (unpaired) electrons. The van der Waals surface area contributed by atoms with Crippen LogP contribution in [0.5, 0.6) is 0 Å². The number of carbonyl (C=O) groups excluding carboxylic acids is 1. The molecule has 1 amide bonds. The van der Waals surface area contributed by atoms with Crippen molar-refractivity contribution in [3.05, 3.63) is 0 Å². The fourth-order valence-corrected chi connectivity index (χ4v) is 3.17. The summed E-state index contributed by atoms with van der Waals surface area (Å²) in [5.74, 6) is 0.729. The summed E-state index contributed by atoms with van der Waals surface area (Å²) >= 11 is 0. The third kappa shape index (κ3) is 3.61. The summed E-state index contributed by atoms with van der Waals surface area (Å²) in [6.45, 7) is 6.77. The maximum atomic E-state index is 11.8. The lowest BCUT2D eigenvalue weighted by Gasteiger charge is -2.42. The van der Waals surface area contributed by atoms with E-state index in [0.29, 0.717) is 6.04 Å². The fourth-order valence-electron chi connectivity index (χ4n) is 3.17. The normalized spacial score (nSPS) is 32.5. The van der Waals surface area contributed by atoms with Crippen LogP contribution in [0.25, 0.3) is 0 Å². The molecule has 0 aromatic rings. The third-order valence-corrected chi connectivity index (χ3v) is 3.87. The maximum absolute atomic E-state index is 11.8. The van der Waals surface area contributed by atoms with E-state index in [0.717, 1.165) is 18.9 Å². The zero-order valence-corrected chi connectivity index (χ0v) is 11.8. The highest BCUT2D eigenvalue weighted by Gasteiger charge is 2.36. The van der Waals surface area contributed by atoms with Crippen molar-refractivity contribution < 1.29 is 9.53 Å². The van der Waals surface area contributed by atoms with Gasteiger partial charge in [0.15, 0.2) is 0 Å². The van der Waals surface area contributed by atoms with Crippen LogP contribution in [0.2, 0.25) is 0 Å². The maximum Gasteiger partial charge on any atom is 0.407 e. The van der Waals surface area contributed by atoms with Crippen molar-refractivity contribution in [2.45, 2.75) is 70.6 Å². The number of hydrogen-bond donors (Lipinski definition) is 2. The second-order valence-electron chi connectivity index (χ2n) is 6.57. The Bertz CT molecular complexity index is 297. The SMILES string of the molecule is CC(C)(C)OC(=O)N[C@@H]1CCCC2CCCNC21.